The smallest absolute Gasteiger partial charge is 0.445 e. The van der Waals surface area contributed by atoms with Gasteiger partial charge in [-0.2, -0.15) is 17.5 Å². The van der Waals surface area contributed by atoms with Gasteiger partial charge in [-0.3, -0.25) is 4.98 Å². The fraction of sp³-hybridized carbons (Fsp3) is 0.571. The molecule has 8 nitrogen and oxygen atoms in total. The third-order valence-corrected chi connectivity index (χ3v) is 8.91. The van der Waals surface area contributed by atoms with Gasteiger partial charge >= 0.3 is 6.18 Å². The lowest BCUT2D eigenvalue weighted by Crippen LogP contribution is -2.39. The number of alkyl halides is 3. The Balaban J connectivity index is 1.19. The van der Waals surface area contributed by atoms with Crippen LogP contribution in [0.4, 0.5) is 18.3 Å². The fourth-order valence-electron chi connectivity index (χ4n) is 4.71. The van der Waals surface area contributed by atoms with Crippen LogP contribution in [0, 0.1) is 5.92 Å². The third-order valence-electron chi connectivity index (χ3n) is 6.61. The van der Waals surface area contributed by atoms with E-state index in [0.29, 0.717) is 55.0 Å². The molecule has 0 radical (unpaired) electrons. The molecule has 0 aromatic carbocycles. The van der Waals surface area contributed by atoms with Crippen LogP contribution < -0.4 is 9.64 Å². The number of pyridine rings is 1. The molecule has 0 aliphatic carbocycles. The van der Waals surface area contributed by atoms with Crippen LogP contribution in [-0.4, -0.2) is 66.4 Å². The maximum atomic E-state index is 12.8. The molecule has 0 N–H and O–H groups in total. The number of rotatable bonds is 4. The Morgan fingerprint density at radius 3 is 2.56 bits per heavy atom. The second-order valence-electron chi connectivity index (χ2n) is 8.85. The van der Waals surface area contributed by atoms with E-state index in [2.05, 4.69) is 15.2 Å². The van der Waals surface area contributed by atoms with Crippen molar-refractivity contribution in [2.24, 2.45) is 5.92 Å². The number of hydrogen-bond acceptors (Lipinski definition) is 8. The quantitative estimate of drug-likeness (QED) is 0.618. The molecule has 3 aliphatic rings. The van der Waals surface area contributed by atoms with Crippen LogP contribution in [0.1, 0.15) is 35.5 Å². The van der Waals surface area contributed by atoms with Crippen molar-refractivity contribution in [1.29, 1.82) is 0 Å². The van der Waals surface area contributed by atoms with E-state index in [0.717, 1.165) is 41.8 Å². The van der Waals surface area contributed by atoms with E-state index in [4.69, 9.17) is 4.74 Å². The van der Waals surface area contributed by atoms with Crippen molar-refractivity contribution < 1.29 is 26.3 Å². The number of nitrogens with zero attached hydrogens (tertiary/aromatic N) is 5. The predicted octanol–water partition coefficient (Wildman–Crippen LogP) is 3.22. The molecule has 1 unspecified atom stereocenters. The minimum Gasteiger partial charge on any atom is -0.488 e. The summed E-state index contributed by atoms with van der Waals surface area (Å²) in [6, 6.07) is 2.03. The van der Waals surface area contributed by atoms with Crippen molar-refractivity contribution in [3.63, 3.8) is 0 Å². The van der Waals surface area contributed by atoms with Crippen molar-refractivity contribution in [3.05, 3.63) is 34.6 Å². The van der Waals surface area contributed by atoms with Gasteiger partial charge in [-0.15, -0.1) is 10.2 Å². The van der Waals surface area contributed by atoms with E-state index in [1.54, 1.807) is 6.20 Å². The normalized spacial score (nSPS) is 22.4. The first-order valence-corrected chi connectivity index (χ1v) is 13.7. The van der Waals surface area contributed by atoms with E-state index in [1.807, 2.05) is 17.0 Å². The summed E-state index contributed by atoms with van der Waals surface area (Å²) in [4.78, 5) is 6.40. The van der Waals surface area contributed by atoms with Crippen LogP contribution in [-0.2, 0) is 22.6 Å². The number of aromatic nitrogens is 3. The van der Waals surface area contributed by atoms with Gasteiger partial charge in [0, 0.05) is 38.2 Å². The van der Waals surface area contributed by atoms with Gasteiger partial charge in [0.25, 0.3) is 0 Å². The summed E-state index contributed by atoms with van der Waals surface area (Å²) < 4.78 is 69.5. The number of halogens is 3. The van der Waals surface area contributed by atoms with Gasteiger partial charge in [0.2, 0.25) is 20.2 Å². The zero-order valence-corrected chi connectivity index (χ0v) is 20.1. The zero-order valence-electron chi connectivity index (χ0n) is 18.5. The molecule has 1 saturated heterocycles. The van der Waals surface area contributed by atoms with E-state index in [1.165, 1.54) is 10.6 Å². The Kier molecular flexibility index (Phi) is 6.05. The molecule has 0 amide bonds. The molecule has 0 bridgehead atoms. The summed E-state index contributed by atoms with van der Waals surface area (Å²) >= 11 is 0.584. The molecular weight excluding hydrogens is 491 g/mol. The van der Waals surface area contributed by atoms with E-state index < -0.39 is 21.2 Å². The van der Waals surface area contributed by atoms with Crippen molar-refractivity contribution in [3.8, 4) is 5.75 Å². The minimum absolute atomic E-state index is 0.00965. The first kappa shape index (κ1) is 23.5. The Bertz CT molecular complexity index is 1210. The predicted molar refractivity (Wildman–Crippen MR) is 121 cm³/mol. The first-order valence-electron chi connectivity index (χ1n) is 11.0. The Morgan fingerprint density at radius 2 is 1.94 bits per heavy atom. The molecular formula is C21H24F3N5O3S2. The summed E-state index contributed by atoms with van der Waals surface area (Å²) in [7, 11) is -3.20. The van der Waals surface area contributed by atoms with Crippen molar-refractivity contribution in [1.82, 2.24) is 19.5 Å². The van der Waals surface area contributed by atoms with Crippen LogP contribution in [0.2, 0.25) is 0 Å². The molecule has 0 spiro atoms. The van der Waals surface area contributed by atoms with Crippen LogP contribution >= 0.6 is 11.3 Å². The molecule has 184 valence electrons. The fourth-order valence-corrected chi connectivity index (χ4v) is 6.25. The third kappa shape index (κ3) is 4.78. The summed E-state index contributed by atoms with van der Waals surface area (Å²) in [6.45, 7) is 2.02. The molecule has 3 aliphatic heterocycles. The lowest BCUT2D eigenvalue weighted by atomic mass is 9.89. The standard InChI is InChI=1S/C21H24F3N5O3S2/c1-34(30,31)29-8-4-13(5-9-29)16-10-15-11-17(32-18(15)12-25-16)14-2-6-28(7-3-14)20-27-26-19(33-20)21(22,23)24/h4,10,12,14,17H,2-3,5-9,11H2,1H3. The number of sulfonamides is 1. The molecule has 0 saturated carbocycles. The number of ether oxygens (including phenoxy) is 1. The number of anilines is 1. The lowest BCUT2D eigenvalue weighted by molar-refractivity contribution is -0.138. The maximum Gasteiger partial charge on any atom is 0.445 e. The van der Waals surface area contributed by atoms with Crippen molar-refractivity contribution >= 4 is 32.1 Å². The summed E-state index contributed by atoms with van der Waals surface area (Å²) in [6.07, 6.45) is 3.39. The molecule has 2 aromatic rings. The number of piperidine rings is 1. The molecule has 5 rings (SSSR count). The van der Waals surface area contributed by atoms with Crippen LogP contribution in [0.25, 0.3) is 5.57 Å². The van der Waals surface area contributed by atoms with Crippen LogP contribution in [0.5, 0.6) is 5.75 Å². The monoisotopic (exact) mass is 515 g/mol. The summed E-state index contributed by atoms with van der Waals surface area (Å²) in [5, 5.41) is 6.40. The van der Waals surface area contributed by atoms with Gasteiger partial charge in [-0.25, -0.2) is 8.42 Å². The second kappa shape index (κ2) is 8.76. The Hall–Kier alpha value is -2.25. The largest absolute Gasteiger partial charge is 0.488 e. The minimum atomic E-state index is -4.47. The average molecular weight is 516 g/mol. The van der Waals surface area contributed by atoms with E-state index in [-0.39, 0.29) is 6.10 Å². The van der Waals surface area contributed by atoms with Crippen molar-refractivity contribution in [2.75, 3.05) is 37.3 Å². The highest BCUT2D eigenvalue weighted by Crippen LogP contribution is 2.39. The van der Waals surface area contributed by atoms with E-state index >= 15 is 0 Å². The molecule has 1 atom stereocenters. The SMILES string of the molecule is CS(=O)(=O)N1CC=C(c2cc3c(cn2)OC(C2CCN(c4nnc(C(F)(F)F)s4)CC2)C3)CC1. The van der Waals surface area contributed by atoms with Gasteiger partial charge in [0.05, 0.1) is 18.1 Å². The van der Waals surface area contributed by atoms with Gasteiger partial charge in [0.1, 0.15) is 11.9 Å². The lowest BCUT2D eigenvalue weighted by Gasteiger charge is -2.33. The van der Waals surface area contributed by atoms with Gasteiger partial charge in [0.15, 0.2) is 0 Å². The van der Waals surface area contributed by atoms with Gasteiger partial charge < -0.3 is 9.64 Å². The second-order valence-corrected chi connectivity index (χ2v) is 11.8. The number of fused-ring (bicyclic) bond motifs is 1. The zero-order chi connectivity index (χ0) is 24.1. The van der Waals surface area contributed by atoms with Crippen molar-refractivity contribution in [2.45, 2.75) is 38.0 Å². The van der Waals surface area contributed by atoms with E-state index in [9.17, 15) is 21.6 Å². The first-order chi connectivity index (χ1) is 16.1. The van der Waals surface area contributed by atoms with Crippen LogP contribution in [0.3, 0.4) is 0 Å². The molecule has 5 heterocycles. The molecule has 34 heavy (non-hydrogen) atoms. The summed E-state index contributed by atoms with van der Waals surface area (Å²) in [5.41, 5.74) is 2.97. The van der Waals surface area contributed by atoms with Gasteiger partial charge in [-0.05, 0) is 36.8 Å². The Morgan fingerprint density at radius 1 is 1.18 bits per heavy atom. The molecule has 1 fully saturated rings. The number of hydrogen-bond donors (Lipinski definition) is 0. The maximum absolute atomic E-state index is 12.8. The molecule has 13 heteroatoms. The topological polar surface area (TPSA) is 88.5 Å². The van der Waals surface area contributed by atoms with Crippen LogP contribution in [0.15, 0.2) is 18.3 Å². The van der Waals surface area contributed by atoms with Gasteiger partial charge in [-0.1, -0.05) is 17.4 Å². The highest BCUT2D eigenvalue weighted by molar-refractivity contribution is 7.88. The Labute approximate surface area is 199 Å². The highest BCUT2D eigenvalue weighted by atomic mass is 32.2. The average Bonchev–Trinajstić information content (AvgIpc) is 3.46. The highest BCUT2D eigenvalue weighted by Gasteiger charge is 2.38. The summed E-state index contributed by atoms with van der Waals surface area (Å²) in [5.74, 6) is 1.06. The molecule has 2 aromatic heterocycles.